The summed E-state index contributed by atoms with van der Waals surface area (Å²) in [5.74, 6) is 0.164. The molecule has 1 N–H and O–H groups in total. The van der Waals surface area contributed by atoms with Crippen molar-refractivity contribution in [3.63, 3.8) is 0 Å². The third-order valence-corrected chi connectivity index (χ3v) is 8.52. The van der Waals surface area contributed by atoms with Gasteiger partial charge in [0.2, 0.25) is 5.91 Å². The van der Waals surface area contributed by atoms with E-state index < -0.39 is 10.0 Å². The number of hydrogen-bond acceptors (Lipinski definition) is 6. The Morgan fingerprint density at radius 3 is 2.76 bits per heavy atom. The van der Waals surface area contributed by atoms with Gasteiger partial charge in [-0.3, -0.25) is 9.52 Å². The number of carbonyl (C=O) groups excluding carboxylic acids is 1. The van der Waals surface area contributed by atoms with Crippen molar-refractivity contribution in [1.82, 2.24) is 9.88 Å². The number of anilines is 2. The van der Waals surface area contributed by atoms with E-state index in [1.165, 1.54) is 11.3 Å². The Kier molecular flexibility index (Phi) is 6.33. The number of allylic oxidation sites excluding steroid dienone is 1. The van der Waals surface area contributed by atoms with Crippen molar-refractivity contribution in [2.75, 3.05) is 35.8 Å². The number of fused-ring (bicyclic) bond motifs is 1. The second kappa shape index (κ2) is 9.40. The first-order valence-electron chi connectivity index (χ1n) is 10.9. The van der Waals surface area contributed by atoms with E-state index in [0.717, 1.165) is 16.8 Å². The fourth-order valence-corrected chi connectivity index (χ4v) is 6.35. The molecule has 2 aromatic carbocycles. The molecule has 2 aliphatic rings. The molecule has 5 rings (SSSR count). The van der Waals surface area contributed by atoms with Crippen LogP contribution in [-0.4, -0.2) is 50.4 Å². The predicted octanol–water partition coefficient (Wildman–Crippen LogP) is 4.69. The number of piperazine rings is 1. The lowest BCUT2D eigenvalue weighted by Crippen LogP contribution is -2.49. The maximum Gasteiger partial charge on any atom is 0.263 e. The minimum atomic E-state index is -3.72. The number of aromatic nitrogens is 1. The second-order valence-electron chi connectivity index (χ2n) is 8.25. The van der Waals surface area contributed by atoms with Gasteiger partial charge in [0.05, 0.1) is 4.90 Å². The van der Waals surface area contributed by atoms with Gasteiger partial charge < -0.3 is 9.80 Å². The van der Waals surface area contributed by atoms with Crippen LogP contribution in [0.15, 0.2) is 65.0 Å². The van der Waals surface area contributed by atoms with Gasteiger partial charge in [-0.25, -0.2) is 13.4 Å². The predicted molar refractivity (Wildman–Crippen MR) is 138 cm³/mol. The van der Waals surface area contributed by atoms with Crippen LogP contribution in [0.3, 0.4) is 0 Å². The van der Waals surface area contributed by atoms with Gasteiger partial charge >= 0.3 is 0 Å². The molecule has 2 heterocycles. The molecule has 34 heavy (non-hydrogen) atoms. The number of carbonyl (C=O) groups is 1. The van der Waals surface area contributed by atoms with Gasteiger partial charge in [0.15, 0.2) is 5.13 Å². The number of nitrogens with one attached hydrogen (secondary N) is 1. The zero-order valence-electron chi connectivity index (χ0n) is 18.2. The van der Waals surface area contributed by atoms with Crippen molar-refractivity contribution in [2.24, 2.45) is 0 Å². The molecule has 1 saturated heterocycles. The average Bonchev–Trinajstić information content (AvgIpc) is 3.49. The van der Waals surface area contributed by atoms with Crippen LogP contribution in [0.2, 0.25) is 5.02 Å². The number of amides is 1. The highest BCUT2D eigenvalue weighted by Crippen LogP contribution is 2.35. The fourth-order valence-electron chi connectivity index (χ4n) is 4.35. The van der Waals surface area contributed by atoms with Crippen molar-refractivity contribution in [1.29, 1.82) is 0 Å². The largest absolute Gasteiger partial charge is 0.368 e. The van der Waals surface area contributed by atoms with E-state index in [9.17, 15) is 13.2 Å². The molecule has 10 heteroatoms. The molecule has 0 spiro atoms. The molecule has 3 aromatic rings. The molecular formula is C24H25ClN4O3S2. The maximum absolute atomic E-state index is 13.0. The Morgan fingerprint density at radius 2 is 2.00 bits per heavy atom. The molecule has 1 fully saturated rings. The zero-order valence-corrected chi connectivity index (χ0v) is 20.6. The quantitative estimate of drug-likeness (QED) is 0.514. The van der Waals surface area contributed by atoms with Crippen LogP contribution in [0.5, 0.6) is 0 Å². The van der Waals surface area contributed by atoms with Gasteiger partial charge in [-0.15, -0.1) is 11.3 Å². The monoisotopic (exact) mass is 516 g/mol. The summed E-state index contributed by atoms with van der Waals surface area (Å²) in [6.45, 7) is 2.45. The minimum absolute atomic E-state index is 0. The Labute approximate surface area is 209 Å². The SMILES string of the molecule is O=C(CC1C=Cc2ccc(Cl)cc21)N1CCN(c2cccc(S(=O)(=O)Nc3nccs3)c2)CC1.[HH]. The molecule has 0 radical (unpaired) electrons. The smallest absolute Gasteiger partial charge is 0.263 e. The number of rotatable bonds is 6. The summed E-state index contributed by atoms with van der Waals surface area (Å²) >= 11 is 7.38. The summed E-state index contributed by atoms with van der Waals surface area (Å²) < 4.78 is 27.9. The molecule has 178 valence electrons. The summed E-state index contributed by atoms with van der Waals surface area (Å²) in [6.07, 6.45) is 6.09. The lowest BCUT2D eigenvalue weighted by atomic mass is 9.97. The topological polar surface area (TPSA) is 82.6 Å². The molecule has 1 aliphatic heterocycles. The number of thiazole rings is 1. The van der Waals surface area contributed by atoms with Crippen LogP contribution >= 0.6 is 22.9 Å². The molecule has 1 aromatic heterocycles. The summed E-state index contributed by atoms with van der Waals surface area (Å²) in [4.78, 5) is 21.1. The van der Waals surface area contributed by atoms with Gasteiger partial charge in [-0.1, -0.05) is 35.9 Å². The fraction of sp³-hybridized carbons (Fsp3) is 0.250. The maximum atomic E-state index is 13.0. The molecule has 1 atom stereocenters. The third kappa shape index (κ3) is 4.82. The van der Waals surface area contributed by atoms with Crippen molar-refractivity contribution in [3.8, 4) is 0 Å². The van der Waals surface area contributed by atoms with Crippen LogP contribution in [-0.2, 0) is 14.8 Å². The van der Waals surface area contributed by atoms with Gasteiger partial charge in [-0.05, 0) is 41.5 Å². The van der Waals surface area contributed by atoms with Gasteiger partial charge in [-0.2, -0.15) is 0 Å². The first-order valence-corrected chi connectivity index (χ1v) is 13.7. The Balaban J connectivity index is 0.00000289. The lowest BCUT2D eigenvalue weighted by Gasteiger charge is -2.36. The molecule has 0 saturated carbocycles. The average molecular weight is 517 g/mol. The van der Waals surface area contributed by atoms with E-state index in [1.54, 1.807) is 29.8 Å². The Morgan fingerprint density at radius 1 is 1.18 bits per heavy atom. The molecule has 1 aliphatic carbocycles. The highest BCUT2D eigenvalue weighted by molar-refractivity contribution is 7.93. The Bertz CT molecular complexity index is 1340. The van der Waals surface area contributed by atoms with Gasteiger partial charge in [0.1, 0.15) is 0 Å². The molecular weight excluding hydrogens is 492 g/mol. The summed E-state index contributed by atoms with van der Waals surface area (Å²) in [5.41, 5.74) is 3.03. The van der Waals surface area contributed by atoms with Crippen LogP contribution in [0, 0.1) is 0 Å². The first-order chi connectivity index (χ1) is 16.4. The first kappa shape index (κ1) is 22.9. The lowest BCUT2D eigenvalue weighted by molar-refractivity contribution is -0.131. The van der Waals surface area contributed by atoms with E-state index >= 15 is 0 Å². The van der Waals surface area contributed by atoms with Crippen molar-refractivity contribution in [3.05, 3.63) is 76.3 Å². The minimum Gasteiger partial charge on any atom is -0.368 e. The summed E-state index contributed by atoms with van der Waals surface area (Å²) in [7, 11) is -3.72. The highest BCUT2D eigenvalue weighted by atomic mass is 35.5. The second-order valence-corrected chi connectivity index (χ2v) is 11.3. The van der Waals surface area contributed by atoms with E-state index in [-0.39, 0.29) is 18.1 Å². The highest BCUT2D eigenvalue weighted by Gasteiger charge is 2.26. The summed E-state index contributed by atoms with van der Waals surface area (Å²) in [6, 6.07) is 12.6. The van der Waals surface area contributed by atoms with Crippen molar-refractivity contribution in [2.45, 2.75) is 17.2 Å². The normalized spacial score (nSPS) is 17.6. The standard InChI is InChI=1S/C24H23ClN4O3S2.H2/c25-19-7-6-17-4-5-18(22(17)15-19)14-23(30)29-11-9-28(10-12-29)20-2-1-3-21(16-20)34(31,32)27-24-26-8-13-33-24;/h1-8,13,15-16,18H,9-12,14H2,(H,26,27);1H. The zero-order chi connectivity index (χ0) is 23.7. The third-order valence-electron chi connectivity index (χ3n) is 6.13. The molecule has 0 bridgehead atoms. The molecule has 1 amide bonds. The summed E-state index contributed by atoms with van der Waals surface area (Å²) in [5, 5.41) is 2.73. The molecule has 7 nitrogen and oxygen atoms in total. The number of benzene rings is 2. The van der Waals surface area contributed by atoms with Crippen LogP contribution in [0.25, 0.3) is 6.08 Å². The van der Waals surface area contributed by atoms with Crippen molar-refractivity contribution < 1.29 is 14.6 Å². The van der Waals surface area contributed by atoms with E-state index in [1.807, 2.05) is 35.2 Å². The van der Waals surface area contributed by atoms with Gasteiger partial charge in [0.25, 0.3) is 10.0 Å². The number of nitrogens with zero attached hydrogens (tertiary/aromatic N) is 3. The van der Waals surface area contributed by atoms with E-state index in [2.05, 4.69) is 20.7 Å². The van der Waals surface area contributed by atoms with E-state index in [0.29, 0.717) is 42.8 Å². The van der Waals surface area contributed by atoms with Crippen LogP contribution < -0.4 is 9.62 Å². The number of sulfonamides is 1. The van der Waals surface area contributed by atoms with E-state index in [4.69, 9.17) is 11.6 Å². The van der Waals surface area contributed by atoms with Gasteiger partial charge in [0, 0.05) is 62.2 Å². The van der Waals surface area contributed by atoms with Crippen LogP contribution in [0.1, 0.15) is 24.9 Å². The Hall–Kier alpha value is -2.88. The van der Waals surface area contributed by atoms with Crippen LogP contribution in [0.4, 0.5) is 10.8 Å². The van der Waals surface area contributed by atoms with Crippen molar-refractivity contribution >= 4 is 55.8 Å². The number of hydrogen-bond donors (Lipinski definition) is 1. The number of halogens is 1. The molecule has 1 unspecified atom stereocenters.